The molecule has 1 saturated carbocycles. The highest BCUT2D eigenvalue weighted by Gasteiger charge is 2.25. The summed E-state index contributed by atoms with van der Waals surface area (Å²) < 4.78 is 15.6. The number of fused-ring (bicyclic) bond motifs is 1. The van der Waals surface area contributed by atoms with Crippen LogP contribution in [0.3, 0.4) is 0 Å². The molecule has 1 aliphatic rings. The third-order valence-corrected chi connectivity index (χ3v) is 3.43. The second-order valence-corrected chi connectivity index (χ2v) is 4.29. The van der Waals surface area contributed by atoms with Crippen molar-refractivity contribution in [3.8, 4) is 0 Å². The molecule has 0 aliphatic heterocycles. The fraction of sp³-hybridized carbons (Fsp3) is 0.417. The lowest BCUT2D eigenvalue weighted by atomic mass is 9.78. The predicted octanol–water partition coefficient (Wildman–Crippen LogP) is 2.98. The monoisotopic (exact) mass is 204 g/mol. The van der Waals surface area contributed by atoms with Crippen LogP contribution in [-0.4, -0.2) is 9.78 Å². The van der Waals surface area contributed by atoms with Crippen LogP contribution in [0.5, 0.6) is 0 Å². The van der Waals surface area contributed by atoms with Gasteiger partial charge in [-0.05, 0) is 30.9 Å². The van der Waals surface area contributed by atoms with Gasteiger partial charge in [-0.3, -0.25) is 4.68 Å². The van der Waals surface area contributed by atoms with Crippen LogP contribution in [0.15, 0.2) is 18.3 Å². The van der Waals surface area contributed by atoms with Crippen LogP contribution < -0.4 is 0 Å². The highest BCUT2D eigenvalue weighted by atomic mass is 19.1. The van der Waals surface area contributed by atoms with E-state index in [9.17, 15) is 4.39 Å². The third kappa shape index (κ3) is 1.19. The van der Waals surface area contributed by atoms with E-state index in [4.69, 9.17) is 0 Å². The summed E-state index contributed by atoms with van der Waals surface area (Å²) in [7, 11) is 1.89. The summed E-state index contributed by atoms with van der Waals surface area (Å²) in [5.41, 5.74) is 1.91. The number of hydrogen-bond donors (Lipinski definition) is 0. The molecule has 3 heteroatoms. The van der Waals surface area contributed by atoms with E-state index in [-0.39, 0.29) is 5.82 Å². The first-order valence-corrected chi connectivity index (χ1v) is 5.37. The van der Waals surface area contributed by atoms with Gasteiger partial charge in [-0.15, -0.1) is 0 Å². The first kappa shape index (κ1) is 8.89. The minimum atomic E-state index is -0.0693. The zero-order chi connectivity index (χ0) is 10.4. The summed E-state index contributed by atoms with van der Waals surface area (Å²) in [4.78, 5) is 0. The number of rotatable bonds is 1. The molecule has 0 unspecified atom stereocenters. The quantitative estimate of drug-likeness (QED) is 0.698. The van der Waals surface area contributed by atoms with Crippen molar-refractivity contribution >= 4 is 10.9 Å². The van der Waals surface area contributed by atoms with E-state index in [0.29, 0.717) is 5.92 Å². The fourth-order valence-corrected chi connectivity index (χ4v) is 2.33. The summed E-state index contributed by atoms with van der Waals surface area (Å²) in [5.74, 6) is 0.345. The first-order chi connectivity index (χ1) is 7.27. The van der Waals surface area contributed by atoms with Crippen LogP contribution in [0.2, 0.25) is 0 Å². The molecule has 1 aromatic heterocycles. The van der Waals surface area contributed by atoms with Crippen LogP contribution in [0.4, 0.5) is 4.39 Å². The Balaban J connectivity index is 2.28. The van der Waals surface area contributed by atoms with E-state index in [0.717, 1.165) is 29.3 Å². The van der Waals surface area contributed by atoms with E-state index in [1.807, 2.05) is 7.05 Å². The van der Waals surface area contributed by atoms with Crippen LogP contribution in [-0.2, 0) is 7.05 Å². The number of nitrogens with zero attached hydrogens (tertiary/aromatic N) is 2. The topological polar surface area (TPSA) is 17.8 Å². The molecule has 0 atom stereocenters. The van der Waals surface area contributed by atoms with Crippen molar-refractivity contribution < 1.29 is 4.39 Å². The maximum absolute atomic E-state index is 13.8. The molecule has 1 aromatic carbocycles. The van der Waals surface area contributed by atoms with Gasteiger partial charge in [0, 0.05) is 18.0 Å². The highest BCUT2D eigenvalue weighted by Crippen LogP contribution is 2.40. The largest absolute Gasteiger partial charge is 0.268 e. The lowest BCUT2D eigenvalue weighted by Gasteiger charge is -2.26. The molecule has 0 amide bonds. The van der Waals surface area contributed by atoms with Gasteiger partial charge in [0.2, 0.25) is 0 Å². The minimum Gasteiger partial charge on any atom is -0.268 e. The van der Waals surface area contributed by atoms with Crippen molar-refractivity contribution in [2.45, 2.75) is 25.2 Å². The van der Waals surface area contributed by atoms with Crippen LogP contribution in [0, 0.1) is 5.82 Å². The second-order valence-electron chi connectivity index (χ2n) is 4.29. The molecule has 3 rings (SSSR count). The molecule has 15 heavy (non-hydrogen) atoms. The van der Waals surface area contributed by atoms with Gasteiger partial charge in [0.15, 0.2) is 0 Å². The van der Waals surface area contributed by atoms with Gasteiger partial charge in [0.05, 0.1) is 11.7 Å². The Hall–Kier alpha value is -1.38. The van der Waals surface area contributed by atoms with Gasteiger partial charge in [-0.2, -0.15) is 5.10 Å². The number of halogens is 1. The summed E-state index contributed by atoms with van der Waals surface area (Å²) >= 11 is 0. The zero-order valence-corrected chi connectivity index (χ0v) is 8.70. The second kappa shape index (κ2) is 3.05. The van der Waals surface area contributed by atoms with Gasteiger partial charge >= 0.3 is 0 Å². The van der Waals surface area contributed by atoms with E-state index in [1.165, 1.54) is 6.42 Å². The molecule has 78 valence electrons. The molecule has 2 nitrogen and oxygen atoms in total. The average Bonchev–Trinajstić information content (AvgIpc) is 2.50. The summed E-state index contributed by atoms with van der Waals surface area (Å²) in [5, 5.41) is 5.18. The van der Waals surface area contributed by atoms with Crippen LogP contribution >= 0.6 is 0 Å². The van der Waals surface area contributed by atoms with Crippen LogP contribution in [0.1, 0.15) is 30.7 Å². The highest BCUT2D eigenvalue weighted by molar-refractivity contribution is 5.83. The van der Waals surface area contributed by atoms with Crippen molar-refractivity contribution in [1.29, 1.82) is 0 Å². The zero-order valence-electron chi connectivity index (χ0n) is 8.70. The van der Waals surface area contributed by atoms with E-state index in [1.54, 1.807) is 23.0 Å². The van der Waals surface area contributed by atoms with Gasteiger partial charge in [0.25, 0.3) is 0 Å². The van der Waals surface area contributed by atoms with E-state index >= 15 is 0 Å². The molecular formula is C12H13FN2. The number of aryl methyl sites for hydroxylation is 1. The molecule has 0 bridgehead atoms. The van der Waals surface area contributed by atoms with Gasteiger partial charge in [0.1, 0.15) is 5.82 Å². The van der Waals surface area contributed by atoms with Crippen molar-refractivity contribution in [3.05, 3.63) is 29.7 Å². The maximum Gasteiger partial charge on any atom is 0.127 e. The molecule has 1 heterocycles. The average molecular weight is 204 g/mol. The molecule has 0 saturated heterocycles. The Morgan fingerprint density at radius 1 is 1.40 bits per heavy atom. The molecule has 1 fully saturated rings. The molecule has 2 aromatic rings. The Morgan fingerprint density at radius 2 is 2.20 bits per heavy atom. The van der Waals surface area contributed by atoms with Gasteiger partial charge in [-0.1, -0.05) is 6.42 Å². The standard InChI is InChI=1S/C12H13FN2/c1-15-11-6-5-10(13)12(8-3-2-4-8)9(11)7-14-15/h5-8H,2-4H2,1H3. The Kier molecular flexibility index (Phi) is 1.81. The summed E-state index contributed by atoms with van der Waals surface area (Å²) in [6.45, 7) is 0. The Morgan fingerprint density at radius 3 is 2.87 bits per heavy atom. The predicted molar refractivity (Wildman–Crippen MR) is 57.3 cm³/mol. The summed E-state index contributed by atoms with van der Waals surface area (Å²) in [6, 6.07) is 3.37. The first-order valence-electron chi connectivity index (χ1n) is 5.37. The van der Waals surface area contributed by atoms with Gasteiger partial charge < -0.3 is 0 Å². The normalized spacial score (nSPS) is 16.9. The van der Waals surface area contributed by atoms with Crippen molar-refractivity contribution in [3.63, 3.8) is 0 Å². The van der Waals surface area contributed by atoms with E-state index in [2.05, 4.69) is 5.10 Å². The molecule has 0 spiro atoms. The number of aromatic nitrogens is 2. The third-order valence-electron chi connectivity index (χ3n) is 3.43. The SMILES string of the molecule is Cn1ncc2c(C3CCC3)c(F)ccc21. The van der Waals surface area contributed by atoms with Crippen molar-refractivity contribution in [2.24, 2.45) is 7.05 Å². The van der Waals surface area contributed by atoms with E-state index < -0.39 is 0 Å². The van der Waals surface area contributed by atoms with Gasteiger partial charge in [-0.25, -0.2) is 4.39 Å². The molecular weight excluding hydrogens is 191 g/mol. The maximum atomic E-state index is 13.8. The smallest absolute Gasteiger partial charge is 0.127 e. The fourth-order valence-electron chi connectivity index (χ4n) is 2.33. The van der Waals surface area contributed by atoms with Crippen molar-refractivity contribution in [1.82, 2.24) is 9.78 Å². The van der Waals surface area contributed by atoms with Crippen LogP contribution in [0.25, 0.3) is 10.9 Å². The Labute approximate surface area is 87.7 Å². The minimum absolute atomic E-state index is 0.0693. The molecule has 1 aliphatic carbocycles. The van der Waals surface area contributed by atoms with Crippen molar-refractivity contribution in [2.75, 3.05) is 0 Å². The lowest BCUT2D eigenvalue weighted by molar-refractivity contribution is 0.407. The number of benzene rings is 1. The molecule has 0 radical (unpaired) electrons. The summed E-state index contributed by atoms with van der Waals surface area (Å²) in [6.07, 6.45) is 5.24. The number of hydrogen-bond acceptors (Lipinski definition) is 1. The Bertz CT molecular complexity index is 512. The lowest BCUT2D eigenvalue weighted by Crippen LogP contribution is -2.11. The molecule has 0 N–H and O–H groups in total.